The van der Waals surface area contributed by atoms with Gasteiger partial charge in [0.25, 0.3) is 5.91 Å². The molecule has 25 heavy (non-hydrogen) atoms. The summed E-state index contributed by atoms with van der Waals surface area (Å²) in [6.07, 6.45) is 2.24. The van der Waals surface area contributed by atoms with E-state index in [4.69, 9.17) is 11.6 Å². The molecule has 1 aromatic heterocycles. The molecule has 2 heterocycles. The van der Waals surface area contributed by atoms with E-state index in [0.717, 1.165) is 23.5 Å². The monoisotopic (exact) mass is 380 g/mol. The van der Waals surface area contributed by atoms with Crippen molar-refractivity contribution in [1.82, 2.24) is 9.88 Å². The van der Waals surface area contributed by atoms with Gasteiger partial charge in [-0.25, -0.2) is 9.37 Å². The minimum atomic E-state index is -0.303. The fraction of sp³-hybridized carbons (Fsp3) is 0.474. The minimum absolute atomic E-state index is 0.0110. The second kappa shape index (κ2) is 7.42. The van der Waals surface area contributed by atoms with Gasteiger partial charge in [-0.2, -0.15) is 0 Å². The van der Waals surface area contributed by atoms with Crippen LogP contribution in [0.15, 0.2) is 18.2 Å². The summed E-state index contributed by atoms with van der Waals surface area (Å²) in [5.74, 6) is 0.0107. The Balaban J connectivity index is 1.83. The second-order valence-corrected chi connectivity index (χ2v) is 8.26. The molecule has 1 atom stereocenters. The van der Waals surface area contributed by atoms with E-state index in [-0.39, 0.29) is 17.8 Å². The van der Waals surface area contributed by atoms with Gasteiger partial charge in [-0.15, -0.1) is 11.3 Å². The molecule has 0 bridgehead atoms. The molecule has 0 radical (unpaired) electrons. The van der Waals surface area contributed by atoms with Gasteiger partial charge in [0.05, 0.1) is 10.7 Å². The van der Waals surface area contributed by atoms with Crippen molar-refractivity contribution in [3.05, 3.63) is 50.2 Å². The first-order valence-electron chi connectivity index (χ1n) is 8.59. The number of hydrogen-bond acceptors (Lipinski definition) is 3. The summed E-state index contributed by atoms with van der Waals surface area (Å²) in [5, 5.41) is 1.41. The maximum Gasteiger partial charge on any atom is 0.266 e. The molecule has 1 aliphatic heterocycles. The van der Waals surface area contributed by atoms with Crippen LogP contribution >= 0.6 is 22.9 Å². The average molecular weight is 381 g/mol. The van der Waals surface area contributed by atoms with Crippen LogP contribution in [-0.2, 0) is 6.42 Å². The third-order valence-corrected chi connectivity index (χ3v) is 6.44. The Kier molecular flexibility index (Phi) is 5.44. The van der Waals surface area contributed by atoms with Crippen molar-refractivity contribution in [3.8, 4) is 0 Å². The number of rotatable bonds is 4. The van der Waals surface area contributed by atoms with Crippen molar-refractivity contribution in [1.29, 1.82) is 0 Å². The molecule has 0 saturated carbocycles. The van der Waals surface area contributed by atoms with Crippen molar-refractivity contribution in [2.75, 3.05) is 6.54 Å². The molecule has 2 aromatic rings. The summed E-state index contributed by atoms with van der Waals surface area (Å²) >= 11 is 7.64. The molecule has 1 aliphatic rings. The molecule has 1 unspecified atom stereocenters. The van der Waals surface area contributed by atoms with E-state index in [1.807, 2.05) is 11.8 Å². The lowest BCUT2D eigenvalue weighted by atomic mass is 10.0. The number of benzene rings is 1. The predicted octanol–water partition coefficient (Wildman–Crippen LogP) is 5.21. The standard InChI is InChI=1S/C19H22ClFN2OS/c1-11(2)18-22-12(3)17(25-18)19(24)23-9-5-6-13(23)10-14-15(20)7-4-8-16(14)21/h4,7-8,11,13H,5-6,9-10H2,1-3H3. The Morgan fingerprint density at radius 2 is 2.24 bits per heavy atom. The highest BCUT2D eigenvalue weighted by Gasteiger charge is 2.32. The molecule has 0 aliphatic carbocycles. The van der Waals surface area contributed by atoms with Crippen LogP contribution in [0.25, 0.3) is 0 Å². The maximum atomic E-state index is 14.1. The van der Waals surface area contributed by atoms with Gasteiger partial charge in [0.1, 0.15) is 10.7 Å². The SMILES string of the molecule is Cc1nc(C(C)C)sc1C(=O)N1CCCC1Cc1c(F)cccc1Cl. The molecule has 3 rings (SSSR count). The molecule has 134 valence electrons. The summed E-state index contributed by atoms with van der Waals surface area (Å²) in [6.45, 7) is 6.73. The Labute approximate surface area is 156 Å². The van der Waals surface area contributed by atoms with E-state index in [1.165, 1.54) is 17.4 Å². The lowest BCUT2D eigenvalue weighted by Crippen LogP contribution is -2.37. The van der Waals surface area contributed by atoms with Crippen LogP contribution < -0.4 is 0 Å². The van der Waals surface area contributed by atoms with Gasteiger partial charge in [0.15, 0.2) is 0 Å². The van der Waals surface area contributed by atoms with Crippen LogP contribution in [0.2, 0.25) is 5.02 Å². The highest BCUT2D eigenvalue weighted by atomic mass is 35.5. The third kappa shape index (κ3) is 3.72. The first-order valence-corrected chi connectivity index (χ1v) is 9.79. The zero-order valence-corrected chi connectivity index (χ0v) is 16.3. The number of halogens is 2. The molecular formula is C19H22ClFN2OS. The number of likely N-dealkylation sites (tertiary alicyclic amines) is 1. The molecule has 0 spiro atoms. The average Bonchev–Trinajstić information content (AvgIpc) is 3.17. The Hall–Kier alpha value is -1.46. The van der Waals surface area contributed by atoms with Gasteiger partial charge in [-0.3, -0.25) is 4.79 Å². The summed E-state index contributed by atoms with van der Waals surface area (Å²) < 4.78 is 14.1. The Bertz CT molecular complexity index is 769. The number of hydrogen-bond donors (Lipinski definition) is 0. The van der Waals surface area contributed by atoms with E-state index < -0.39 is 0 Å². The number of thiazole rings is 1. The first-order chi connectivity index (χ1) is 11.9. The van der Waals surface area contributed by atoms with Crippen LogP contribution in [0.3, 0.4) is 0 Å². The largest absolute Gasteiger partial charge is 0.335 e. The molecule has 1 fully saturated rings. The number of carbonyl (C=O) groups excluding carboxylic acids is 1. The Morgan fingerprint density at radius 1 is 1.48 bits per heavy atom. The normalized spacial score (nSPS) is 17.5. The Morgan fingerprint density at radius 3 is 2.88 bits per heavy atom. The molecule has 3 nitrogen and oxygen atoms in total. The van der Waals surface area contributed by atoms with Gasteiger partial charge in [-0.1, -0.05) is 31.5 Å². The van der Waals surface area contributed by atoms with E-state index in [0.29, 0.717) is 34.3 Å². The summed E-state index contributed by atoms with van der Waals surface area (Å²) in [6, 6.07) is 4.70. The van der Waals surface area contributed by atoms with E-state index in [1.54, 1.807) is 12.1 Å². The van der Waals surface area contributed by atoms with Crippen molar-refractivity contribution in [2.24, 2.45) is 0 Å². The van der Waals surface area contributed by atoms with E-state index in [9.17, 15) is 9.18 Å². The lowest BCUT2D eigenvalue weighted by molar-refractivity contribution is 0.0740. The molecule has 1 aromatic carbocycles. The fourth-order valence-electron chi connectivity index (χ4n) is 3.27. The lowest BCUT2D eigenvalue weighted by Gasteiger charge is -2.25. The summed E-state index contributed by atoms with van der Waals surface area (Å²) in [7, 11) is 0. The first kappa shape index (κ1) is 18.3. The topological polar surface area (TPSA) is 33.2 Å². The van der Waals surface area contributed by atoms with Gasteiger partial charge < -0.3 is 4.90 Å². The van der Waals surface area contributed by atoms with Crippen LogP contribution in [0.4, 0.5) is 4.39 Å². The van der Waals surface area contributed by atoms with Crippen molar-refractivity contribution < 1.29 is 9.18 Å². The van der Waals surface area contributed by atoms with Gasteiger partial charge >= 0.3 is 0 Å². The predicted molar refractivity (Wildman–Crippen MR) is 100 cm³/mol. The fourth-order valence-corrected chi connectivity index (χ4v) is 4.54. The number of amides is 1. The van der Waals surface area contributed by atoms with Crippen LogP contribution in [0.5, 0.6) is 0 Å². The maximum absolute atomic E-state index is 14.1. The van der Waals surface area contributed by atoms with Crippen LogP contribution in [0.1, 0.15) is 58.5 Å². The summed E-state index contributed by atoms with van der Waals surface area (Å²) in [5.41, 5.74) is 1.28. The summed E-state index contributed by atoms with van der Waals surface area (Å²) in [4.78, 5) is 20.1. The molecule has 6 heteroatoms. The number of carbonyl (C=O) groups is 1. The van der Waals surface area contributed by atoms with Crippen LogP contribution in [-0.4, -0.2) is 28.4 Å². The van der Waals surface area contributed by atoms with Gasteiger partial charge in [0, 0.05) is 29.1 Å². The number of aryl methyl sites for hydroxylation is 1. The van der Waals surface area contributed by atoms with Crippen molar-refractivity contribution in [3.63, 3.8) is 0 Å². The highest BCUT2D eigenvalue weighted by Crippen LogP contribution is 2.31. The molecule has 1 saturated heterocycles. The number of aromatic nitrogens is 1. The number of nitrogens with zero attached hydrogens (tertiary/aromatic N) is 2. The molecule has 0 N–H and O–H groups in total. The van der Waals surface area contributed by atoms with Crippen LogP contribution in [0, 0.1) is 12.7 Å². The minimum Gasteiger partial charge on any atom is -0.335 e. The second-order valence-electron chi connectivity index (χ2n) is 6.82. The molecular weight excluding hydrogens is 359 g/mol. The zero-order valence-electron chi connectivity index (χ0n) is 14.7. The van der Waals surface area contributed by atoms with Crippen molar-refractivity contribution >= 4 is 28.8 Å². The van der Waals surface area contributed by atoms with E-state index >= 15 is 0 Å². The zero-order chi connectivity index (χ0) is 18.1. The van der Waals surface area contributed by atoms with Gasteiger partial charge in [-0.05, 0) is 38.3 Å². The van der Waals surface area contributed by atoms with E-state index in [2.05, 4.69) is 18.8 Å². The smallest absolute Gasteiger partial charge is 0.266 e. The quantitative estimate of drug-likeness (QED) is 0.729. The van der Waals surface area contributed by atoms with Crippen molar-refractivity contribution in [2.45, 2.75) is 52.0 Å². The van der Waals surface area contributed by atoms with Gasteiger partial charge in [0.2, 0.25) is 0 Å². The third-order valence-electron chi connectivity index (χ3n) is 4.64. The molecule has 1 amide bonds. The highest BCUT2D eigenvalue weighted by molar-refractivity contribution is 7.13.